The van der Waals surface area contributed by atoms with Crippen molar-refractivity contribution in [3.05, 3.63) is 64.1 Å². The van der Waals surface area contributed by atoms with Crippen LogP contribution in [0.3, 0.4) is 0 Å². The third-order valence-corrected chi connectivity index (χ3v) is 5.93. The molecule has 0 aliphatic rings. The normalized spacial score (nSPS) is 11.7. The van der Waals surface area contributed by atoms with Gasteiger partial charge in [0.1, 0.15) is 0 Å². The molecule has 2 N–H and O–H groups in total. The van der Waals surface area contributed by atoms with Gasteiger partial charge in [0.2, 0.25) is 5.91 Å². The Hall–Kier alpha value is -2.55. The molecule has 3 aromatic rings. The van der Waals surface area contributed by atoms with Crippen LogP contribution in [-0.2, 0) is 11.3 Å². The van der Waals surface area contributed by atoms with Gasteiger partial charge < -0.3 is 5.32 Å². The van der Waals surface area contributed by atoms with Crippen molar-refractivity contribution in [3.63, 3.8) is 0 Å². The summed E-state index contributed by atoms with van der Waals surface area (Å²) in [6, 6.07) is 14.5. The van der Waals surface area contributed by atoms with Gasteiger partial charge in [-0.3, -0.25) is 14.7 Å². The predicted molar refractivity (Wildman–Crippen MR) is 124 cm³/mol. The molecule has 1 atom stereocenters. The largest absolute Gasteiger partial charge is 0.338 e. The molecule has 0 bridgehead atoms. The van der Waals surface area contributed by atoms with Crippen molar-refractivity contribution in [2.24, 2.45) is 0 Å². The molecule has 2 aromatic carbocycles. The van der Waals surface area contributed by atoms with E-state index in [1.54, 1.807) is 32.0 Å². The zero-order valence-electron chi connectivity index (χ0n) is 16.9. The summed E-state index contributed by atoms with van der Waals surface area (Å²) >= 11 is 13.7. The van der Waals surface area contributed by atoms with Crippen molar-refractivity contribution in [1.29, 1.82) is 0 Å². The van der Waals surface area contributed by atoms with E-state index in [9.17, 15) is 9.59 Å². The van der Waals surface area contributed by atoms with Crippen LogP contribution < -0.4 is 10.6 Å². The molecule has 3 amide bonds. The Bertz CT molecular complexity index is 1070. The summed E-state index contributed by atoms with van der Waals surface area (Å²) in [5, 5.41) is 14.4. The molecule has 0 spiro atoms. The van der Waals surface area contributed by atoms with Gasteiger partial charge in [0.15, 0.2) is 11.0 Å². The molecule has 0 saturated heterocycles. The number of aromatic nitrogens is 3. The van der Waals surface area contributed by atoms with Gasteiger partial charge in [-0.05, 0) is 37.6 Å². The Kier molecular flexibility index (Phi) is 7.95. The molecule has 0 fully saturated rings. The van der Waals surface area contributed by atoms with E-state index < -0.39 is 17.2 Å². The molecule has 1 aromatic heterocycles. The van der Waals surface area contributed by atoms with E-state index in [2.05, 4.69) is 20.8 Å². The summed E-state index contributed by atoms with van der Waals surface area (Å²) in [5.74, 6) is 0.139. The molecule has 31 heavy (non-hydrogen) atoms. The number of amides is 3. The molecule has 0 aliphatic heterocycles. The Labute approximate surface area is 194 Å². The van der Waals surface area contributed by atoms with Crippen molar-refractivity contribution in [1.82, 2.24) is 25.4 Å². The number of nitrogens with zero attached hydrogens (tertiary/aromatic N) is 3. The predicted octanol–water partition coefficient (Wildman–Crippen LogP) is 4.63. The van der Waals surface area contributed by atoms with Gasteiger partial charge in [-0.15, -0.1) is 10.2 Å². The number of hydrogen-bond acceptors (Lipinski definition) is 5. The van der Waals surface area contributed by atoms with Crippen molar-refractivity contribution < 1.29 is 9.59 Å². The number of nitrogens with one attached hydrogen (secondary N) is 2. The fourth-order valence-corrected chi connectivity index (χ4v) is 4.13. The average Bonchev–Trinajstić information content (AvgIpc) is 3.10. The molecule has 1 heterocycles. The first-order valence-corrected chi connectivity index (χ1v) is 11.2. The minimum Gasteiger partial charge on any atom is -0.338 e. The van der Waals surface area contributed by atoms with E-state index in [0.717, 1.165) is 5.56 Å². The van der Waals surface area contributed by atoms with Crippen molar-refractivity contribution in [3.8, 4) is 11.4 Å². The number of hydrogen-bond donors (Lipinski definition) is 2. The number of imide groups is 1. The SMILES string of the molecule is CCNC(=O)NC(=O)C(C)Sc1nnc(-c2ccc(Cl)cc2Cl)n1Cc1ccccc1. The van der Waals surface area contributed by atoms with Gasteiger partial charge in [0.25, 0.3) is 0 Å². The summed E-state index contributed by atoms with van der Waals surface area (Å²) in [4.78, 5) is 24.0. The van der Waals surface area contributed by atoms with E-state index in [4.69, 9.17) is 23.2 Å². The van der Waals surface area contributed by atoms with Crippen LogP contribution >= 0.6 is 35.0 Å². The van der Waals surface area contributed by atoms with Crippen LogP contribution in [0.4, 0.5) is 4.79 Å². The zero-order chi connectivity index (χ0) is 22.4. The summed E-state index contributed by atoms with van der Waals surface area (Å²) in [5.41, 5.74) is 1.72. The second kappa shape index (κ2) is 10.7. The second-order valence-corrected chi connectivity index (χ2v) is 8.76. The third-order valence-electron chi connectivity index (χ3n) is 4.30. The molecule has 0 radical (unpaired) electrons. The highest BCUT2D eigenvalue weighted by molar-refractivity contribution is 8.00. The quantitative estimate of drug-likeness (QED) is 0.484. The summed E-state index contributed by atoms with van der Waals surface area (Å²) in [6.45, 7) is 4.39. The van der Waals surface area contributed by atoms with E-state index in [1.165, 1.54) is 11.8 Å². The topological polar surface area (TPSA) is 88.9 Å². The second-order valence-electron chi connectivity index (χ2n) is 6.61. The summed E-state index contributed by atoms with van der Waals surface area (Å²) in [7, 11) is 0. The lowest BCUT2D eigenvalue weighted by molar-refractivity contribution is -0.119. The standard InChI is InChI=1S/C21H21Cl2N5O2S/c1-3-24-20(30)25-19(29)13(2)31-21-27-26-18(16-10-9-15(22)11-17(16)23)28(21)12-14-7-5-4-6-8-14/h4-11,13H,3,12H2,1-2H3,(H2,24,25,29,30). The van der Waals surface area contributed by atoms with Gasteiger partial charge in [0.05, 0.1) is 16.8 Å². The number of benzene rings is 2. The minimum absolute atomic E-state index is 0.420. The van der Waals surface area contributed by atoms with Crippen molar-refractivity contribution in [2.45, 2.75) is 30.8 Å². The lowest BCUT2D eigenvalue weighted by atomic mass is 10.2. The Balaban J connectivity index is 1.92. The number of carbonyl (C=O) groups is 2. The van der Waals surface area contributed by atoms with Crippen molar-refractivity contribution in [2.75, 3.05) is 6.54 Å². The first-order chi connectivity index (χ1) is 14.9. The Morgan fingerprint density at radius 2 is 1.87 bits per heavy atom. The fourth-order valence-electron chi connectivity index (χ4n) is 2.78. The van der Waals surface area contributed by atoms with Crippen LogP contribution in [0.25, 0.3) is 11.4 Å². The molecule has 10 heteroatoms. The number of carbonyl (C=O) groups excluding carboxylic acids is 2. The average molecular weight is 478 g/mol. The van der Waals surface area contributed by atoms with Gasteiger partial charge in [-0.25, -0.2) is 4.79 Å². The molecular weight excluding hydrogens is 457 g/mol. The van der Waals surface area contributed by atoms with Gasteiger partial charge in [-0.2, -0.15) is 0 Å². The molecule has 7 nitrogen and oxygen atoms in total. The minimum atomic E-state index is -0.574. The Morgan fingerprint density at radius 3 is 2.55 bits per heavy atom. The monoisotopic (exact) mass is 477 g/mol. The Morgan fingerprint density at radius 1 is 1.13 bits per heavy atom. The van der Waals surface area contributed by atoms with E-state index in [0.29, 0.717) is 39.7 Å². The molecular formula is C21H21Cl2N5O2S. The number of halogens is 2. The van der Waals surface area contributed by atoms with Gasteiger partial charge >= 0.3 is 6.03 Å². The summed E-state index contributed by atoms with van der Waals surface area (Å²) < 4.78 is 1.89. The molecule has 3 rings (SSSR count). The molecule has 162 valence electrons. The number of rotatable bonds is 7. The molecule has 0 saturated carbocycles. The summed E-state index contributed by atoms with van der Waals surface area (Å²) in [6.07, 6.45) is 0. The van der Waals surface area contributed by atoms with E-state index in [1.807, 2.05) is 34.9 Å². The highest BCUT2D eigenvalue weighted by atomic mass is 35.5. The van der Waals surface area contributed by atoms with E-state index >= 15 is 0 Å². The van der Waals surface area contributed by atoms with E-state index in [-0.39, 0.29) is 0 Å². The van der Waals surface area contributed by atoms with Crippen LogP contribution in [0.1, 0.15) is 19.4 Å². The highest BCUT2D eigenvalue weighted by Gasteiger charge is 2.23. The molecule has 0 aliphatic carbocycles. The zero-order valence-corrected chi connectivity index (χ0v) is 19.3. The van der Waals surface area contributed by atoms with Crippen LogP contribution in [0, 0.1) is 0 Å². The van der Waals surface area contributed by atoms with Gasteiger partial charge in [0, 0.05) is 17.1 Å². The third kappa shape index (κ3) is 6.00. The number of urea groups is 1. The van der Waals surface area contributed by atoms with Crippen molar-refractivity contribution >= 4 is 46.9 Å². The molecule has 1 unspecified atom stereocenters. The first kappa shape index (κ1) is 23.1. The lowest BCUT2D eigenvalue weighted by Gasteiger charge is -2.14. The maximum Gasteiger partial charge on any atom is 0.321 e. The fraction of sp³-hybridized carbons (Fsp3) is 0.238. The lowest BCUT2D eigenvalue weighted by Crippen LogP contribution is -2.42. The van der Waals surface area contributed by atoms with Crippen LogP contribution in [0.5, 0.6) is 0 Å². The highest BCUT2D eigenvalue weighted by Crippen LogP contribution is 2.33. The van der Waals surface area contributed by atoms with Gasteiger partial charge in [-0.1, -0.05) is 65.3 Å². The van der Waals surface area contributed by atoms with Crippen LogP contribution in [-0.4, -0.2) is 38.5 Å². The first-order valence-electron chi connectivity index (χ1n) is 9.57. The maximum absolute atomic E-state index is 12.4. The number of thioether (sulfide) groups is 1. The van der Waals surface area contributed by atoms with Crippen LogP contribution in [0.15, 0.2) is 53.7 Å². The smallest absolute Gasteiger partial charge is 0.321 e. The van der Waals surface area contributed by atoms with Crippen LogP contribution in [0.2, 0.25) is 10.0 Å². The maximum atomic E-state index is 12.4.